The smallest absolute Gasteiger partial charge is 0.126 e. The van der Waals surface area contributed by atoms with Gasteiger partial charge in [0, 0.05) is 27.8 Å². The molecule has 4 heteroatoms. The molecule has 0 radical (unpaired) electrons. The van der Waals surface area contributed by atoms with Crippen LogP contribution in [0.4, 0.5) is 0 Å². The standard InChI is InChI=1S/C15H14BrNO2/c16-11-4-5-13-14(8-11)19-9-10(15(13)18)7-12-3-1-2-6-17-12/h1-6,8,10,15,18H,7,9H2/t10-,15-/m0/s1. The van der Waals surface area contributed by atoms with E-state index in [-0.39, 0.29) is 5.92 Å². The van der Waals surface area contributed by atoms with Gasteiger partial charge in [-0.2, -0.15) is 0 Å². The minimum atomic E-state index is -0.501. The van der Waals surface area contributed by atoms with Crippen LogP contribution in [-0.2, 0) is 6.42 Å². The molecule has 0 spiro atoms. The van der Waals surface area contributed by atoms with Crippen LogP contribution in [0.5, 0.6) is 5.75 Å². The fourth-order valence-electron chi connectivity index (χ4n) is 2.38. The summed E-state index contributed by atoms with van der Waals surface area (Å²) in [5.74, 6) is 0.808. The SMILES string of the molecule is O[C@@H]1c2ccc(Br)cc2OC[C@@H]1Cc1ccccn1. The van der Waals surface area contributed by atoms with Crippen molar-refractivity contribution in [3.63, 3.8) is 0 Å². The first kappa shape index (κ1) is 12.6. The monoisotopic (exact) mass is 319 g/mol. The van der Waals surface area contributed by atoms with E-state index in [1.54, 1.807) is 6.20 Å². The summed E-state index contributed by atoms with van der Waals surface area (Å²) in [5, 5.41) is 10.5. The lowest BCUT2D eigenvalue weighted by molar-refractivity contribution is 0.0502. The van der Waals surface area contributed by atoms with Crippen LogP contribution in [0.15, 0.2) is 47.1 Å². The molecule has 0 saturated heterocycles. The van der Waals surface area contributed by atoms with Gasteiger partial charge in [0.25, 0.3) is 0 Å². The van der Waals surface area contributed by atoms with E-state index in [1.807, 2.05) is 36.4 Å². The van der Waals surface area contributed by atoms with E-state index in [1.165, 1.54) is 0 Å². The van der Waals surface area contributed by atoms with Gasteiger partial charge in [-0.15, -0.1) is 0 Å². The Morgan fingerprint density at radius 3 is 3.00 bits per heavy atom. The number of rotatable bonds is 2. The summed E-state index contributed by atoms with van der Waals surface area (Å²) in [6.45, 7) is 0.515. The number of aromatic nitrogens is 1. The predicted molar refractivity (Wildman–Crippen MR) is 76.0 cm³/mol. The van der Waals surface area contributed by atoms with Gasteiger partial charge in [-0.25, -0.2) is 0 Å². The highest BCUT2D eigenvalue weighted by atomic mass is 79.9. The molecule has 3 nitrogen and oxygen atoms in total. The molecule has 2 atom stereocenters. The zero-order chi connectivity index (χ0) is 13.2. The summed E-state index contributed by atoms with van der Waals surface area (Å²) in [6, 6.07) is 11.6. The predicted octanol–water partition coefficient (Wildman–Crippen LogP) is 3.13. The quantitative estimate of drug-likeness (QED) is 0.924. The lowest BCUT2D eigenvalue weighted by Crippen LogP contribution is -2.27. The Morgan fingerprint density at radius 1 is 1.32 bits per heavy atom. The van der Waals surface area contributed by atoms with Gasteiger partial charge < -0.3 is 9.84 Å². The summed E-state index contributed by atoms with van der Waals surface area (Å²) in [5.41, 5.74) is 1.84. The fraction of sp³-hybridized carbons (Fsp3) is 0.267. The van der Waals surface area contributed by atoms with Gasteiger partial charge in [0.15, 0.2) is 0 Å². The van der Waals surface area contributed by atoms with Crippen molar-refractivity contribution in [2.24, 2.45) is 5.92 Å². The number of halogens is 1. The number of nitrogens with zero attached hydrogens (tertiary/aromatic N) is 1. The number of pyridine rings is 1. The Balaban J connectivity index is 1.82. The van der Waals surface area contributed by atoms with Crippen molar-refractivity contribution >= 4 is 15.9 Å². The Hall–Kier alpha value is -1.39. The fourth-order valence-corrected chi connectivity index (χ4v) is 2.72. The molecule has 1 aromatic carbocycles. The number of ether oxygens (including phenoxy) is 1. The molecular formula is C15H14BrNO2. The van der Waals surface area contributed by atoms with Crippen LogP contribution in [0.3, 0.4) is 0 Å². The molecule has 1 aromatic heterocycles. The molecule has 2 heterocycles. The van der Waals surface area contributed by atoms with E-state index in [0.717, 1.165) is 27.9 Å². The summed E-state index contributed by atoms with van der Waals surface area (Å²) >= 11 is 3.41. The first-order valence-corrected chi connectivity index (χ1v) is 7.03. The normalized spacial score (nSPS) is 21.6. The third-order valence-electron chi connectivity index (χ3n) is 3.39. The van der Waals surface area contributed by atoms with Crippen molar-refractivity contribution in [1.82, 2.24) is 4.98 Å². The first-order chi connectivity index (χ1) is 9.24. The van der Waals surface area contributed by atoms with Gasteiger partial charge in [0.2, 0.25) is 0 Å². The van der Waals surface area contributed by atoms with Gasteiger partial charge in [-0.3, -0.25) is 4.98 Å². The van der Waals surface area contributed by atoms with Gasteiger partial charge in [0.1, 0.15) is 5.75 Å². The van der Waals surface area contributed by atoms with E-state index in [0.29, 0.717) is 6.61 Å². The molecule has 98 valence electrons. The minimum Gasteiger partial charge on any atom is -0.493 e. The molecule has 1 aliphatic rings. The molecule has 0 fully saturated rings. The minimum absolute atomic E-state index is 0.0450. The van der Waals surface area contributed by atoms with Crippen LogP contribution in [0.2, 0.25) is 0 Å². The number of fused-ring (bicyclic) bond motifs is 1. The van der Waals surface area contributed by atoms with E-state index in [4.69, 9.17) is 4.74 Å². The van der Waals surface area contributed by atoms with Crippen LogP contribution in [0.1, 0.15) is 17.4 Å². The molecular weight excluding hydrogens is 306 g/mol. The Labute approximate surface area is 120 Å². The van der Waals surface area contributed by atoms with Crippen molar-refractivity contribution in [1.29, 1.82) is 0 Å². The van der Waals surface area contributed by atoms with E-state index >= 15 is 0 Å². The Kier molecular flexibility index (Phi) is 3.53. The summed E-state index contributed by atoms with van der Waals surface area (Å²) < 4.78 is 6.70. The topological polar surface area (TPSA) is 42.4 Å². The average molecular weight is 320 g/mol. The van der Waals surface area contributed by atoms with Crippen molar-refractivity contribution in [3.05, 3.63) is 58.3 Å². The third-order valence-corrected chi connectivity index (χ3v) is 3.88. The van der Waals surface area contributed by atoms with Gasteiger partial charge in [-0.05, 0) is 30.7 Å². The summed E-state index contributed by atoms with van der Waals surface area (Å²) in [7, 11) is 0. The highest BCUT2D eigenvalue weighted by Crippen LogP contribution is 2.38. The van der Waals surface area contributed by atoms with Crippen LogP contribution in [-0.4, -0.2) is 16.7 Å². The van der Waals surface area contributed by atoms with Gasteiger partial charge in [0.05, 0.1) is 12.7 Å². The number of hydrogen-bond acceptors (Lipinski definition) is 3. The molecule has 19 heavy (non-hydrogen) atoms. The van der Waals surface area contributed by atoms with Crippen LogP contribution < -0.4 is 4.74 Å². The largest absolute Gasteiger partial charge is 0.493 e. The van der Waals surface area contributed by atoms with Crippen LogP contribution in [0.25, 0.3) is 0 Å². The average Bonchev–Trinajstić information content (AvgIpc) is 2.43. The highest BCUT2D eigenvalue weighted by Gasteiger charge is 2.29. The second-order valence-electron chi connectivity index (χ2n) is 4.72. The number of aliphatic hydroxyl groups excluding tert-OH is 1. The Bertz CT molecular complexity index is 574. The molecule has 0 bridgehead atoms. The maximum absolute atomic E-state index is 10.5. The molecule has 0 unspecified atom stereocenters. The highest BCUT2D eigenvalue weighted by molar-refractivity contribution is 9.10. The zero-order valence-corrected chi connectivity index (χ0v) is 11.9. The van der Waals surface area contributed by atoms with Crippen molar-refractivity contribution in [2.45, 2.75) is 12.5 Å². The molecule has 0 aliphatic carbocycles. The van der Waals surface area contributed by atoms with Crippen LogP contribution in [0, 0.1) is 5.92 Å². The Morgan fingerprint density at radius 2 is 2.21 bits per heavy atom. The molecule has 3 rings (SSSR count). The van der Waals surface area contributed by atoms with Crippen molar-refractivity contribution < 1.29 is 9.84 Å². The zero-order valence-electron chi connectivity index (χ0n) is 10.3. The lowest BCUT2D eigenvalue weighted by atomic mass is 9.89. The van der Waals surface area contributed by atoms with E-state index in [9.17, 15) is 5.11 Å². The molecule has 0 amide bonds. The second kappa shape index (κ2) is 5.31. The van der Waals surface area contributed by atoms with E-state index in [2.05, 4.69) is 20.9 Å². The number of benzene rings is 1. The maximum atomic E-state index is 10.5. The number of hydrogen-bond donors (Lipinski definition) is 1. The number of aliphatic hydroxyl groups is 1. The third kappa shape index (κ3) is 2.65. The van der Waals surface area contributed by atoms with Crippen molar-refractivity contribution in [2.75, 3.05) is 6.61 Å². The molecule has 0 saturated carbocycles. The van der Waals surface area contributed by atoms with Gasteiger partial charge >= 0.3 is 0 Å². The lowest BCUT2D eigenvalue weighted by Gasteiger charge is -2.30. The molecule has 2 aromatic rings. The van der Waals surface area contributed by atoms with Gasteiger partial charge in [-0.1, -0.05) is 28.1 Å². The first-order valence-electron chi connectivity index (χ1n) is 6.24. The molecule has 1 aliphatic heterocycles. The molecule has 1 N–H and O–H groups in total. The maximum Gasteiger partial charge on any atom is 0.126 e. The summed E-state index contributed by atoms with van der Waals surface area (Å²) in [6.07, 6.45) is 1.99. The van der Waals surface area contributed by atoms with Crippen LogP contribution >= 0.6 is 15.9 Å². The second-order valence-corrected chi connectivity index (χ2v) is 5.64. The van der Waals surface area contributed by atoms with Crippen molar-refractivity contribution in [3.8, 4) is 5.75 Å². The van der Waals surface area contributed by atoms with E-state index < -0.39 is 6.10 Å². The summed E-state index contributed by atoms with van der Waals surface area (Å²) in [4.78, 5) is 4.30.